The van der Waals surface area contributed by atoms with Gasteiger partial charge in [-0.25, -0.2) is 4.98 Å². The van der Waals surface area contributed by atoms with Crippen LogP contribution in [0.2, 0.25) is 15.2 Å². The Labute approximate surface area is 171 Å². The fourth-order valence-electron chi connectivity index (χ4n) is 3.85. The lowest BCUT2D eigenvalue weighted by molar-refractivity contribution is 0.103. The van der Waals surface area contributed by atoms with E-state index >= 15 is 0 Å². The van der Waals surface area contributed by atoms with Crippen LogP contribution in [0.1, 0.15) is 43.7 Å². The van der Waals surface area contributed by atoms with E-state index in [9.17, 15) is 0 Å². The lowest BCUT2D eigenvalue weighted by Crippen LogP contribution is -2.47. The number of aromatic nitrogens is 1. The van der Waals surface area contributed by atoms with Gasteiger partial charge in [-0.3, -0.25) is 4.90 Å². The van der Waals surface area contributed by atoms with Crippen LogP contribution in [-0.2, 0) is 0 Å². The van der Waals surface area contributed by atoms with E-state index in [-0.39, 0.29) is 30.9 Å². The first-order chi connectivity index (χ1) is 10.7. The minimum atomic E-state index is 0. The Morgan fingerprint density at radius 1 is 1.04 bits per heavy atom. The van der Waals surface area contributed by atoms with Crippen LogP contribution in [0.15, 0.2) is 6.20 Å². The predicted octanol–water partition coefficient (Wildman–Crippen LogP) is 5.41. The molecule has 3 nitrogen and oxygen atoms in total. The zero-order valence-electron chi connectivity index (χ0n) is 13.4. The van der Waals surface area contributed by atoms with Crippen molar-refractivity contribution in [2.75, 3.05) is 26.2 Å². The van der Waals surface area contributed by atoms with Gasteiger partial charge in [-0.2, -0.15) is 0 Å². The molecular formula is C16H24Cl5N3. The van der Waals surface area contributed by atoms with Gasteiger partial charge in [0.1, 0.15) is 5.15 Å². The van der Waals surface area contributed by atoms with Crippen molar-refractivity contribution in [3.05, 3.63) is 27.0 Å². The third-order valence-corrected chi connectivity index (χ3v) is 5.97. The third-order valence-electron chi connectivity index (χ3n) is 4.90. The smallest absolute Gasteiger partial charge is 0.148 e. The molecule has 1 atom stereocenters. The molecule has 0 radical (unpaired) electrons. The number of piperazine rings is 1. The number of halogens is 5. The standard InChI is InChI=1S/C16H22Cl3N3.2ClH/c17-12-10-21-16(19)14(18)13(12)15(11-4-2-1-3-5-11)22-8-6-20-7-9-22;;/h10-11,15,20H,1-9H2;2*1H/t15-;;/m0../s1. The van der Waals surface area contributed by atoms with Gasteiger partial charge in [0.2, 0.25) is 0 Å². The summed E-state index contributed by atoms with van der Waals surface area (Å²) in [7, 11) is 0. The van der Waals surface area contributed by atoms with E-state index in [1.807, 2.05) is 0 Å². The highest BCUT2D eigenvalue weighted by atomic mass is 35.5. The Morgan fingerprint density at radius 2 is 1.67 bits per heavy atom. The number of hydrogen-bond donors (Lipinski definition) is 1. The van der Waals surface area contributed by atoms with E-state index in [0.717, 1.165) is 31.7 Å². The van der Waals surface area contributed by atoms with E-state index < -0.39 is 0 Å². The number of pyridine rings is 1. The van der Waals surface area contributed by atoms with Crippen LogP contribution in [-0.4, -0.2) is 36.1 Å². The van der Waals surface area contributed by atoms with Gasteiger partial charge >= 0.3 is 0 Å². The van der Waals surface area contributed by atoms with Gasteiger partial charge in [0.25, 0.3) is 0 Å². The SMILES string of the molecule is Cl.Cl.Clc1cnc(Cl)c(Cl)c1[C@H](C1CCCCC1)N1CCNCC1. The van der Waals surface area contributed by atoms with Crippen LogP contribution in [0.5, 0.6) is 0 Å². The molecule has 2 heterocycles. The average molecular weight is 436 g/mol. The first-order valence-electron chi connectivity index (χ1n) is 8.12. The molecule has 1 saturated heterocycles. The summed E-state index contributed by atoms with van der Waals surface area (Å²) >= 11 is 19.2. The highest BCUT2D eigenvalue weighted by Crippen LogP contribution is 2.44. The Hall–Kier alpha value is 0.520. The predicted molar refractivity (Wildman–Crippen MR) is 108 cm³/mol. The fourth-order valence-corrected chi connectivity index (χ4v) is 4.57. The molecule has 1 saturated carbocycles. The van der Waals surface area contributed by atoms with Crippen molar-refractivity contribution in [2.45, 2.75) is 38.1 Å². The second kappa shape index (κ2) is 10.6. The van der Waals surface area contributed by atoms with E-state index in [2.05, 4.69) is 15.2 Å². The number of rotatable bonds is 3. The minimum absolute atomic E-state index is 0. The Balaban J connectivity index is 0.00000144. The monoisotopic (exact) mass is 433 g/mol. The summed E-state index contributed by atoms with van der Waals surface area (Å²) in [5.74, 6) is 0.598. The maximum Gasteiger partial charge on any atom is 0.148 e. The largest absolute Gasteiger partial charge is 0.314 e. The molecule has 8 heteroatoms. The molecule has 24 heavy (non-hydrogen) atoms. The van der Waals surface area contributed by atoms with Gasteiger partial charge in [0, 0.05) is 44.0 Å². The van der Waals surface area contributed by atoms with Gasteiger partial charge in [-0.1, -0.05) is 54.1 Å². The van der Waals surface area contributed by atoms with Crippen molar-refractivity contribution >= 4 is 59.6 Å². The van der Waals surface area contributed by atoms with Gasteiger partial charge < -0.3 is 5.32 Å². The normalized spacial score (nSPS) is 20.8. The van der Waals surface area contributed by atoms with E-state index in [1.54, 1.807) is 6.20 Å². The molecule has 0 amide bonds. The molecular weight excluding hydrogens is 411 g/mol. The first kappa shape index (κ1) is 22.6. The minimum Gasteiger partial charge on any atom is -0.314 e. The zero-order valence-corrected chi connectivity index (χ0v) is 17.3. The van der Waals surface area contributed by atoms with Crippen LogP contribution in [0.4, 0.5) is 0 Å². The maximum absolute atomic E-state index is 6.51. The van der Waals surface area contributed by atoms with Crippen LogP contribution >= 0.6 is 59.6 Å². The molecule has 2 fully saturated rings. The van der Waals surface area contributed by atoms with E-state index in [4.69, 9.17) is 34.8 Å². The molecule has 1 aliphatic carbocycles. The summed E-state index contributed by atoms with van der Waals surface area (Å²) in [6.07, 6.45) is 8.04. The number of nitrogens with one attached hydrogen (secondary N) is 1. The van der Waals surface area contributed by atoms with Crippen molar-refractivity contribution in [3.63, 3.8) is 0 Å². The topological polar surface area (TPSA) is 28.2 Å². The lowest BCUT2D eigenvalue weighted by atomic mass is 9.80. The average Bonchev–Trinajstić information content (AvgIpc) is 2.57. The summed E-state index contributed by atoms with van der Waals surface area (Å²) in [5.41, 5.74) is 0.983. The highest BCUT2D eigenvalue weighted by Gasteiger charge is 2.34. The Bertz CT molecular complexity index is 499. The molecule has 1 aromatic rings. The van der Waals surface area contributed by atoms with Gasteiger partial charge in [0.15, 0.2) is 0 Å². The van der Waals surface area contributed by atoms with Gasteiger partial charge in [-0.15, -0.1) is 24.8 Å². The number of nitrogens with zero attached hydrogens (tertiary/aromatic N) is 2. The van der Waals surface area contributed by atoms with Gasteiger partial charge in [0.05, 0.1) is 10.0 Å². The summed E-state index contributed by atoms with van der Waals surface area (Å²) in [4.78, 5) is 6.61. The molecule has 2 aliphatic rings. The zero-order chi connectivity index (χ0) is 15.5. The van der Waals surface area contributed by atoms with Crippen molar-refractivity contribution in [2.24, 2.45) is 5.92 Å². The molecule has 3 rings (SSSR count). The second-order valence-corrected chi connectivity index (χ2v) is 7.40. The quantitative estimate of drug-likeness (QED) is 0.643. The molecule has 0 spiro atoms. The second-order valence-electron chi connectivity index (χ2n) is 6.25. The van der Waals surface area contributed by atoms with E-state index in [1.165, 1.54) is 32.1 Å². The van der Waals surface area contributed by atoms with Crippen molar-refractivity contribution in [1.82, 2.24) is 15.2 Å². The number of hydrogen-bond acceptors (Lipinski definition) is 3. The van der Waals surface area contributed by atoms with Crippen molar-refractivity contribution < 1.29 is 0 Å². The Morgan fingerprint density at radius 3 is 2.29 bits per heavy atom. The van der Waals surface area contributed by atoms with Crippen molar-refractivity contribution in [1.29, 1.82) is 0 Å². The lowest BCUT2D eigenvalue weighted by Gasteiger charge is -2.41. The summed E-state index contributed by atoms with van der Waals surface area (Å²) in [6, 6.07) is 0.253. The van der Waals surface area contributed by atoms with Crippen LogP contribution in [0.3, 0.4) is 0 Å². The van der Waals surface area contributed by atoms with Crippen LogP contribution < -0.4 is 5.32 Å². The van der Waals surface area contributed by atoms with Crippen LogP contribution in [0, 0.1) is 5.92 Å². The van der Waals surface area contributed by atoms with Crippen LogP contribution in [0.25, 0.3) is 0 Å². The Kier molecular flexibility index (Phi) is 9.98. The van der Waals surface area contributed by atoms with E-state index in [0.29, 0.717) is 21.1 Å². The fraction of sp³-hybridized carbons (Fsp3) is 0.688. The third kappa shape index (κ3) is 5.03. The summed E-state index contributed by atoms with van der Waals surface area (Å²) in [5, 5.41) is 4.95. The highest BCUT2D eigenvalue weighted by molar-refractivity contribution is 6.43. The molecule has 138 valence electrons. The molecule has 1 aromatic heterocycles. The van der Waals surface area contributed by atoms with Crippen molar-refractivity contribution in [3.8, 4) is 0 Å². The van der Waals surface area contributed by atoms with Gasteiger partial charge in [-0.05, 0) is 18.8 Å². The molecule has 0 bridgehead atoms. The maximum atomic E-state index is 6.51. The molecule has 1 N–H and O–H groups in total. The molecule has 0 aromatic carbocycles. The summed E-state index contributed by atoms with van der Waals surface area (Å²) < 4.78 is 0. The first-order valence-corrected chi connectivity index (χ1v) is 9.26. The molecule has 0 unspecified atom stereocenters. The molecule has 1 aliphatic heterocycles. The summed E-state index contributed by atoms with van der Waals surface area (Å²) in [6.45, 7) is 4.07.